The van der Waals surface area contributed by atoms with Crippen LogP contribution in [0.25, 0.3) is 0 Å². The average molecular weight is 161 g/mol. The van der Waals surface area contributed by atoms with Gasteiger partial charge in [0, 0.05) is 11.3 Å². The third-order valence-corrected chi connectivity index (χ3v) is 1.50. The van der Waals surface area contributed by atoms with Gasteiger partial charge in [-0.3, -0.25) is 10.1 Å². The van der Waals surface area contributed by atoms with Crippen LogP contribution in [0.15, 0.2) is 0 Å². The number of aliphatic hydroxyl groups excluding tert-OH is 1. The van der Waals surface area contributed by atoms with Crippen molar-refractivity contribution >= 4 is 0 Å². The molecule has 0 radical (unpaired) electrons. The van der Waals surface area contributed by atoms with Gasteiger partial charge in [-0.25, -0.2) is 0 Å². The van der Waals surface area contributed by atoms with Crippen LogP contribution in [0.1, 0.15) is 32.6 Å². The van der Waals surface area contributed by atoms with Gasteiger partial charge in [-0.05, 0) is 12.8 Å². The number of nitro groups is 1. The monoisotopic (exact) mass is 161 g/mol. The number of nitrogens with zero attached hydrogens (tertiary/aromatic N) is 1. The van der Waals surface area contributed by atoms with Crippen LogP contribution in [0.4, 0.5) is 0 Å². The van der Waals surface area contributed by atoms with Crippen LogP contribution in [0.2, 0.25) is 0 Å². The number of rotatable bonds is 6. The van der Waals surface area contributed by atoms with E-state index in [4.69, 9.17) is 5.11 Å². The van der Waals surface area contributed by atoms with E-state index < -0.39 is 0 Å². The molecule has 1 atom stereocenters. The van der Waals surface area contributed by atoms with Crippen molar-refractivity contribution in [1.82, 2.24) is 0 Å². The molecule has 0 aliphatic carbocycles. The number of aliphatic hydroxyl groups is 1. The van der Waals surface area contributed by atoms with E-state index in [9.17, 15) is 10.1 Å². The Hall–Kier alpha value is -0.640. The second-order valence-corrected chi connectivity index (χ2v) is 2.64. The minimum absolute atomic E-state index is 0.0270. The molecule has 0 heterocycles. The van der Waals surface area contributed by atoms with Gasteiger partial charge in [0.15, 0.2) is 0 Å². The van der Waals surface area contributed by atoms with Crippen LogP contribution in [0.3, 0.4) is 0 Å². The van der Waals surface area contributed by atoms with Crippen LogP contribution in [-0.4, -0.2) is 22.7 Å². The van der Waals surface area contributed by atoms with Gasteiger partial charge in [0.2, 0.25) is 6.54 Å². The summed E-state index contributed by atoms with van der Waals surface area (Å²) in [5.74, 6) is 0. The number of hydrogen-bond acceptors (Lipinski definition) is 3. The SMILES string of the molecule is CCCC(O)CCC[N+](=O)[O-]. The number of hydrogen-bond donors (Lipinski definition) is 1. The van der Waals surface area contributed by atoms with E-state index in [0.29, 0.717) is 12.8 Å². The minimum Gasteiger partial charge on any atom is -0.393 e. The summed E-state index contributed by atoms with van der Waals surface area (Å²) in [6, 6.07) is 0. The van der Waals surface area contributed by atoms with Crippen molar-refractivity contribution in [3.05, 3.63) is 10.1 Å². The Balaban J connectivity index is 3.16. The highest BCUT2D eigenvalue weighted by Gasteiger charge is 2.04. The van der Waals surface area contributed by atoms with Crippen molar-refractivity contribution in [3.63, 3.8) is 0 Å². The summed E-state index contributed by atoms with van der Waals surface area (Å²) in [5.41, 5.74) is 0. The van der Waals surface area contributed by atoms with Gasteiger partial charge in [-0.2, -0.15) is 0 Å². The molecule has 0 aliphatic rings. The Morgan fingerprint density at radius 1 is 1.55 bits per heavy atom. The summed E-state index contributed by atoms with van der Waals surface area (Å²) in [6.07, 6.45) is 2.36. The lowest BCUT2D eigenvalue weighted by Crippen LogP contribution is -2.09. The lowest BCUT2D eigenvalue weighted by atomic mass is 10.1. The van der Waals surface area contributed by atoms with Crippen molar-refractivity contribution in [3.8, 4) is 0 Å². The zero-order valence-corrected chi connectivity index (χ0v) is 6.82. The largest absolute Gasteiger partial charge is 0.393 e. The third kappa shape index (κ3) is 7.25. The highest BCUT2D eigenvalue weighted by Crippen LogP contribution is 2.03. The molecular formula is C7H15NO3. The fraction of sp³-hybridized carbons (Fsp3) is 1.00. The van der Waals surface area contributed by atoms with Gasteiger partial charge >= 0.3 is 0 Å². The molecule has 1 N–H and O–H groups in total. The van der Waals surface area contributed by atoms with Crippen molar-refractivity contribution < 1.29 is 10.0 Å². The van der Waals surface area contributed by atoms with Crippen molar-refractivity contribution in [2.24, 2.45) is 0 Å². The maximum absolute atomic E-state index is 9.86. The van der Waals surface area contributed by atoms with E-state index >= 15 is 0 Å². The standard InChI is InChI=1S/C7H15NO3/c1-2-4-7(9)5-3-6-8(10)11/h7,9H,2-6H2,1H3. The Morgan fingerprint density at radius 2 is 2.18 bits per heavy atom. The predicted molar refractivity (Wildman–Crippen MR) is 42.0 cm³/mol. The summed E-state index contributed by atoms with van der Waals surface area (Å²) in [5, 5.41) is 19.0. The van der Waals surface area contributed by atoms with Gasteiger partial charge in [0.25, 0.3) is 0 Å². The first-order valence-corrected chi connectivity index (χ1v) is 3.96. The summed E-state index contributed by atoms with van der Waals surface area (Å²) in [4.78, 5) is 9.51. The molecule has 11 heavy (non-hydrogen) atoms. The normalized spacial score (nSPS) is 12.9. The van der Waals surface area contributed by atoms with E-state index in [-0.39, 0.29) is 17.6 Å². The van der Waals surface area contributed by atoms with Crippen molar-refractivity contribution in [2.75, 3.05) is 6.54 Å². The lowest BCUT2D eigenvalue weighted by molar-refractivity contribution is -0.480. The topological polar surface area (TPSA) is 63.4 Å². The quantitative estimate of drug-likeness (QED) is 0.470. The Labute approximate surface area is 66.4 Å². The molecule has 0 saturated heterocycles. The average Bonchev–Trinajstić information content (AvgIpc) is 1.87. The summed E-state index contributed by atoms with van der Waals surface area (Å²) < 4.78 is 0. The van der Waals surface area contributed by atoms with Gasteiger partial charge in [-0.1, -0.05) is 13.3 Å². The van der Waals surface area contributed by atoms with Gasteiger partial charge in [0.05, 0.1) is 6.10 Å². The first-order chi connectivity index (χ1) is 5.16. The van der Waals surface area contributed by atoms with E-state index in [2.05, 4.69) is 0 Å². The van der Waals surface area contributed by atoms with Crippen LogP contribution in [0, 0.1) is 10.1 Å². The zero-order valence-electron chi connectivity index (χ0n) is 6.82. The van der Waals surface area contributed by atoms with Crippen LogP contribution < -0.4 is 0 Å². The highest BCUT2D eigenvalue weighted by molar-refractivity contribution is 4.53. The Kier molecular flexibility index (Phi) is 5.74. The summed E-state index contributed by atoms with van der Waals surface area (Å²) in [7, 11) is 0. The van der Waals surface area contributed by atoms with E-state index in [1.165, 1.54) is 0 Å². The molecule has 0 spiro atoms. The molecule has 0 bridgehead atoms. The minimum atomic E-state index is -0.349. The third-order valence-electron chi connectivity index (χ3n) is 1.50. The Bertz CT molecular complexity index is 116. The second-order valence-electron chi connectivity index (χ2n) is 2.64. The maximum atomic E-state index is 9.86. The molecule has 0 aromatic rings. The molecule has 66 valence electrons. The predicted octanol–water partition coefficient (Wildman–Crippen LogP) is 1.20. The van der Waals surface area contributed by atoms with Crippen molar-refractivity contribution in [1.29, 1.82) is 0 Å². The maximum Gasteiger partial charge on any atom is 0.204 e. The zero-order chi connectivity index (χ0) is 8.69. The van der Waals surface area contributed by atoms with Crippen LogP contribution >= 0.6 is 0 Å². The summed E-state index contributed by atoms with van der Waals surface area (Å²) >= 11 is 0. The molecule has 0 saturated carbocycles. The van der Waals surface area contributed by atoms with Crippen LogP contribution in [-0.2, 0) is 0 Å². The lowest BCUT2D eigenvalue weighted by Gasteiger charge is -2.05. The molecule has 0 fully saturated rings. The van der Waals surface area contributed by atoms with E-state index in [0.717, 1.165) is 12.8 Å². The van der Waals surface area contributed by atoms with Crippen molar-refractivity contribution in [2.45, 2.75) is 38.7 Å². The van der Waals surface area contributed by atoms with E-state index in [1.54, 1.807) is 0 Å². The molecular weight excluding hydrogens is 146 g/mol. The van der Waals surface area contributed by atoms with Gasteiger partial charge in [0.1, 0.15) is 0 Å². The van der Waals surface area contributed by atoms with Gasteiger partial charge in [-0.15, -0.1) is 0 Å². The molecule has 4 heteroatoms. The molecule has 1 unspecified atom stereocenters. The Morgan fingerprint density at radius 3 is 2.64 bits per heavy atom. The smallest absolute Gasteiger partial charge is 0.204 e. The summed E-state index contributed by atoms with van der Waals surface area (Å²) in [6.45, 7) is 1.96. The van der Waals surface area contributed by atoms with Gasteiger partial charge < -0.3 is 5.11 Å². The van der Waals surface area contributed by atoms with E-state index in [1.807, 2.05) is 6.92 Å². The molecule has 0 amide bonds. The molecule has 0 aliphatic heterocycles. The molecule has 0 aromatic carbocycles. The molecule has 0 aromatic heterocycles. The molecule has 4 nitrogen and oxygen atoms in total. The van der Waals surface area contributed by atoms with Crippen LogP contribution in [0.5, 0.6) is 0 Å². The highest BCUT2D eigenvalue weighted by atomic mass is 16.6. The fourth-order valence-electron chi connectivity index (χ4n) is 0.934. The first-order valence-electron chi connectivity index (χ1n) is 3.96. The molecule has 0 rings (SSSR count). The second kappa shape index (κ2) is 6.09. The fourth-order valence-corrected chi connectivity index (χ4v) is 0.934. The first kappa shape index (κ1) is 10.4.